The van der Waals surface area contributed by atoms with Gasteiger partial charge in [0, 0.05) is 0 Å². The van der Waals surface area contributed by atoms with Crippen molar-refractivity contribution in [2.45, 2.75) is 26.1 Å². The Hall–Kier alpha value is -1.52. The fourth-order valence-corrected chi connectivity index (χ4v) is 1.84. The minimum Gasteiger partial charge on any atom is -0.233 e. The molecule has 16 heavy (non-hydrogen) atoms. The average Bonchev–Trinajstić information content (AvgIpc) is 2.55. The summed E-state index contributed by atoms with van der Waals surface area (Å²) in [4.78, 5) is 2.42. The summed E-state index contributed by atoms with van der Waals surface area (Å²) in [5.74, 6) is -0.705. The molecule has 1 aromatic carbocycles. The van der Waals surface area contributed by atoms with Crippen molar-refractivity contribution in [2.24, 2.45) is 0 Å². The highest BCUT2D eigenvalue weighted by Crippen LogP contribution is 2.28. The summed E-state index contributed by atoms with van der Waals surface area (Å²) in [5.41, 5.74) is 1.08. The number of rotatable bonds is 1. The van der Waals surface area contributed by atoms with Gasteiger partial charge in [-0.25, -0.2) is 9.55 Å². The van der Waals surface area contributed by atoms with Gasteiger partial charge in [-0.2, -0.15) is 13.2 Å². The molecular weight excluding hydrogens is 217 g/mol. The fraction of sp³-hybridized carbons (Fsp3) is 0.364. The Labute approximate surface area is 90.7 Å². The third-order valence-electron chi connectivity index (χ3n) is 2.44. The Morgan fingerprint density at radius 2 is 1.81 bits per heavy atom. The Kier molecular flexibility index (Phi) is 2.40. The molecule has 86 valence electrons. The van der Waals surface area contributed by atoms with E-state index >= 15 is 0 Å². The van der Waals surface area contributed by atoms with Crippen molar-refractivity contribution in [3.63, 3.8) is 0 Å². The van der Waals surface area contributed by atoms with E-state index in [4.69, 9.17) is 0 Å². The Bertz CT molecular complexity index is 511. The van der Waals surface area contributed by atoms with Crippen LogP contribution in [0.4, 0.5) is 13.2 Å². The number of para-hydroxylation sites is 2. The molecule has 1 N–H and O–H groups in total. The van der Waals surface area contributed by atoms with Gasteiger partial charge in [-0.05, 0) is 26.0 Å². The Morgan fingerprint density at radius 1 is 1.19 bits per heavy atom. The van der Waals surface area contributed by atoms with Crippen molar-refractivity contribution in [3.8, 4) is 0 Å². The smallest absolute Gasteiger partial charge is 0.233 e. The van der Waals surface area contributed by atoms with E-state index in [1.807, 2.05) is 0 Å². The zero-order valence-corrected chi connectivity index (χ0v) is 8.97. The zero-order valence-electron chi connectivity index (χ0n) is 8.97. The molecule has 2 rings (SSSR count). The van der Waals surface area contributed by atoms with Crippen molar-refractivity contribution >= 4 is 11.0 Å². The van der Waals surface area contributed by atoms with Crippen molar-refractivity contribution in [1.82, 2.24) is 4.98 Å². The van der Waals surface area contributed by atoms with E-state index in [1.54, 1.807) is 38.1 Å². The lowest BCUT2D eigenvalue weighted by atomic mass is 10.3. The van der Waals surface area contributed by atoms with E-state index < -0.39 is 12.0 Å². The molecule has 0 atom stereocenters. The second kappa shape index (κ2) is 3.50. The number of aromatic nitrogens is 2. The summed E-state index contributed by atoms with van der Waals surface area (Å²) in [5, 5.41) is 0. The first kappa shape index (κ1) is 11.0. The third-order valence-corrected chi connectivity index (χ3v) is 2.44. The Morgan fingerprint density at radius 3 is 2.38 bits per heavy atom. The van der Waals surface area contributed by atoms with Gasteiger partial charge >= 0.3 is 12.0 Å². The van der Waals surface area contributed by atoms with Crippen molar-refractivity contribution in [3.05, 3.63) is 30.1 Å². The first-order valence-electron chi connectivity index (χ1n) is 5.00. The molecule has 0 unspecified atom stereocenters. The number of nitrogens with zero attached hydrogens (tertiary/aromatic N) is 1. The van der Waals surface area contributed by atoms with E-state index in [1.165, 1.54) is 4.57 Å². The first-order chi connectivity index (χ1) is 7.41. The lowest BCUT2D eigenvalue weighted by Crippen LogP contribution is -2.42. The van der Waals surface area contributed by atoms with Gasteiger partial charge in [-0.3, -0.25) is 0 Å². The predicted octanol–water partition coefficient (Wildman–Crippen LogP) is 3.06. The molecule has 0 saturated carbocycles. The summed E-state index contributed by atoms with van der Waals surface area (Å²) in [6.07, 6.45) is -4.36. The highest BCUT2D eigenvalue weighted by Gasteiger charge is 2.44. The average molecular weight is 229 g/mol. The number of halogens is 3. The van der Waals surface area contributed by atoms with Crippen LogP contribution in [0, 0.1) is 0 Å². The van der Waals surface area contributed by atoms with Crippen LogP contribution in [0.5, 0.6) is 0 Å². The van der Waals surface area contributed by atoms with E-state index in [-0.39, 0.29) is 6.04 Å². The normalized spacial score (nSPS) is 12.6. The molecule has 5 heteroatoms. The number of nitrogens with one attached hydrogen (secondary N) is 1. The van der Waals surface area contributed by atoms with E-state index in [0.717, 1.165) is 0 Å². The van der Waals surface area contributed by atoms with Gasteiger partial charge in [0.1, 0.15) is 0 Å². The molecule has 0 aliphatic rings. The molecule has 1 aromatic heterocycles. The van der Waals surface area contributed by atoms with Gasteiger partial charge in [0.05, 0.1) is 6.04 Å². The van der Waals surface area contributed by atoms with Crippen LogP contribution in [0.3, 0.4) is 0 Å². The topological polar surface area (TPSA) is 19.7 Å². The van der Waals surface area contributed by atoms with Gasteiger partial charge in [0.15, 0.2) is 11.0 Å². The maximum atomic E-state index is 12.8. The largest absolute Gasteiger partial charge is 0.494 e. The number of fused-ring (bicyclic) bond motifs is 1. The second-order valence-corrected chi connectivity index (χ2v) is 3.95. The minimum absolute atomic E-state index is 0.243. The zero-order chi connectivity index (χ0) is 11.9. The highest BCUT2D eigenvalue weighted by atomic mass is 19.4. The van der Waals surface area contributed by atoms with Crippen LogP contribution in [-0.2, 0) is 6.18 Å². The van der Waals surface area contributed by atoms with Crippen molar-refractivity contribution < 1.29 is 17.7 Å². The summed E-state index contributed by atoms with van der Waals surface area (Å²) >= 11 is 0. The molecule has 0 spiro atoms. The van der Waals surface area contributed by atoms with Crippen LogP contribution in [0.25, 0.3) is 11.0 Å². The number of H-pyrrole nitrogens is 1. The van der Waals surface area contributed by atoms with E-state index in [0.29, 0.717) is 11.0 Å². The molecule has 1 heterocycles. The van der Waals surface area contributed by atoms with E-state index in [2.05, 4.69) is 4.98 Å². The molecule has 2 nitrogen and oxygen atoms in total. The van der Waals surface area contributed by atoms with Crippen LogP contribution < -0.4 is 4.57 Å². The van der Waals surface area contributed by atoms with E-state index in [9.17, 15) is 13.2 Å². The third kappa shape index (κ3) is 1.66. The van der Waals surface area contributed by atoms with Gasteiger partial charge < -0.3 is 0 Å². The van der Waals surface area contributed by atoms with Gasteiger partial charge in [-0.1, -0.05) is 12.1 Å². The number of hydrogen-bond acceptors (Lipinski definition) is 0. The minimum atomic E-state index is -4.36. The van der Waals surface area contributed by atoms with Crippen molar-refractivity contribution in [2.75, 3.05) is 0 Å². The van der Waals surface area contributed by atoms with Crippen LogP contribution >= 0.6 is 0 Å². The lowest BCUT2D eigenvalue weighted by Gasteiger charge is -2.07. The number of hydrogen-bond donors (Lipinski definition) is 1. The monoisotopic (exact) mass is 229 g/mol. The molecule has 0 aliphatic heterocycles. The molecule has 0 radical (unpaired) electrons. The Balaban J connectivity index is 2.78. The van der Waals surface area contributed by atoms with Gasteiger partial charge in [-0.15, -0.1) is 0 Å². The SMILES string of the molecule is CC(C)[n+]1c(C(F)(F)F)[nH]c2ccccc21. The molecule has 2 aromatic rings. The molecule has 0 aliphatic carbocycles. The number of aromatic amines is 1. The standard InChI is InChI=1S/C11H11F3N2/c1-7(2)16-9-6-4-3-5-8(9)15-10(16)11(12,13)14/h3-7H,1-2H3/p+1. The van der Waals surface area contributed by atoms with Crippen molar-refractivity contribution in [1.29, 1.82) is 0 Å². The predicted molar refractivity (Wildman–Crippen MR) is 53.9 cm³/mol. The molecule has 0 saturated heterocycles. The summed E-state index contributed by atoms with van der Waals surface area (Å²) < 4.78 is 39.7. The highest BCUT2D eigenvalue weighted by molar-refractivity contribution is 5.71. The number of imidazole rings is 1. The molecule has 0 fully saturated rings. The summed E-state index contributed by atoms with van der Waals surface area (Å²) in [6, 6.07) is 6.52. The molecular formula is C11H12F3N2+. The summed E-state index contributed by atoms with van der Waals surface area (Å²) in [7, 11) is 0. The number of alkyl halides is 3. The maximum absolute atomic E-state index is 12.8. The number of benzene rings is 1. The van der Waals surface area contributed by atoms with Crippen LogP contribution in [-0.4, -0.2) is 4.98 Å². The second-order valence-electron chi connectivity index (χ2n) is 3.95. The quantitative estimate of drug-likeness (QED) is 0.725. The van der Waals surface area contributed by atoms with Crippen LogP contribution in [0.2, 0.25) is 0 Å². The first-order valence-corrected chi connectivity index (χ1v) is 5.00. The van der Waals surface area contributed by atoms with Gasteiger partial charge in [0.2, 0.25) is 0 Å². The van der Waals surface area contributed by atoms with Gasteiger partial charge in [0.25, 0.3) is 0 Å². The van der Waals surface area contributed by atoms with Crippen LogP contribution in [0.1, 0.15) is 25.7 Å². The van der Waals surface area contributed by atoms with Crippen LogP contribution in [0.15, 0.2) is 24.3 Å². The summed E-state index contributed by atoms with van der Waals surface area (Å²) in [6.45, 7) is 3.46. The lowest BCUT2D eigenvalue weighted by molar-refractivity contribution is -0.709. The molecule has 0 amide bonds. The maximum Gasteiger partial charge on any atom is 0.494 e. The fourth-order valence-electron chi connectivity index (χ4n) is 1.84. The molecule has 0 bridgehead atoms.